The van der Waals surface area contributed by atoms with Crippen molar-refractivity contribution >= 4 is 17.8 Å². The number of aryl methyl sites for hydroxylation is 1. The van der Waals surface area contributed by atoms with Crippen LogP contribution in [0.1, 0.15) is 42.1 Å². The molecule has 0 saturated carbocycles. The van der Waals surface area contributed by atoms with Gasteiger partial charge < -0.3 is 10.6 Å². The molecular weight excluding hydrogens is 323 g/mol. The largest absolute Gasteiger partial charge is 0.332 e. The summed E-state index contributed by atoms with van der Waals surface area (Å²) in [7, 11) is 0. The third-order valence-electron chi connectivity index (χ3n) is 4.32. The number of carbonyl (C=O) groups is 1. The van der Waals surface area contributed by atoms with Crippen molar-refractivity contribution in [3.05, 3.63) is 65.0 Å². The molecule has 24 heavy (non-hydrogen) atoms. The molecule has 0 spiro atoms. The molecule has 2 N–H and O–H groups in total. The predicted molar refractivity (Wildman–Crippen MR) is 95.7 cm³/mol. The molecular formula is C19H21FN2OS. The first-order chi connectivity index (χ1) is 11.5. The van der Waals surface area contributed by atoms with E-state index < -0.39 is 0 Å². The maximum Gasteiger partial charge on any atom is 0.315 e. The number of fused-ring (bicyclic) bond motifs is 1. The summed E-state index contributed by atoms with van der Waals surface area (Å²) < 4.78 is 13.5. The summed E-state index contributed by atoms with van der Waals surface area (Å²) in [4.78, 5) is 13.4. The van der Waals surface area contributed by atoms with Crippen molar-refractivity contribution in [1.29, 1.82) is 0 Å². The highest BCUT2D eigenvalue weighted by Gasteiger charge is 2.23. The summed E-state index contributed by atoms with van der Waals surface area (Å²) in [6.07, 6.45) is 0.799. The molecule has 3 rings (SSSR count). The lowest BCUT2D eigenvalue weighted by molar-refractivity contribution is 0.233. The highest BCUT2D eigenvalue weighted by molar-refractivity contribution is 7.99. The molecule has 2 amide bonds. The summed E-state index contributed by atoms with van der Waals surface area (Å²) in [5.74, 6) is 0.647. The van der Waals surface area contributed by atoms with Crippen molar-refractivity contribution in [2.24, 2.45) is 0 Å². The summed E-state index contributed by atoms with van der Waals surface area (Å²) in [6, 6.07) is 12.3. The molecule has 0 saturated heterocycles. The van der Waals surface area contributed by atoms with Crippen molar-refractivity contribution in [3.8, 4) is 0 Å². The van der Waals surface area contributed by atoms with Crippen LogP contribution < -0.4 is 10.6 Å². The van der Waals surface area contributed by atoms with Crippen LogP contribution in [-0.2, 0) is 0 Å². The lowest BCUT2D eigenvalue weighted by Gasteiger charge is -2.27. The summed E-state index contributed by atoms with van der Waals surface area (Å²) in [5.41, 5.74) is 3.11. The number of hydrogen-bond donors (Lipinski definition) is 2. The van der Waals surface area contributed by atoms with Crippen LogP contribution in [0, 0.1) is 12.7 Å². The van der Waals surface area contributed by atoms with Crippen LogP contribution in [0.2, 0.25) is 0 Å². The van der Waals surface area contributed by atoms with Gasteiger partial charge in [-0.25, -0.2) is 9.18 Å². The van der Waals surface area contributed by atoms with Crippen LogP contribution in [0.25, 0.3) is 0 Å². The first-order valence-electron chi connectivity index (χ1n) is 8.09. The number of halogens is 1. The topological polar surface area (TPSA) is 41.1 Å². The van der Waals surface area contributed by atoms with Gasteiger partial charge in [-0.2, -0.15) is 0 Å². The van der Waals surface area contributed by atoms with Gasteiger partial charge in [-0.1, -0.05) is 24.3 Å². The van der Waals surface area contributed by atoms with E-state index in [4.69, 9.17) is 0 Å². The van der Waals surface area contributed by atoms with Crippen LogP contribution in [-0.4, -0.2) is 11.8 Å². The second kappa shape index (κ2) is 7.26. The Hall–Kier alpha value is -2.01. The maximum absolute atomic E-state index is 13.5. The van der Waals surface area contributed by atoms with E-state index >= 15 is 0 Å². The number of nitrogens with one attached hydrogen (secondary N) is 2. The van der Waals surface area contributed by atoms with Gasteiger partial charge in [0.1, 0.15) is 5.82 Å². The Bertz CT molecular complexity index is 750. The molecule has 0 fully saturated rings. The van der Waals surface area contributed by atoms with E-state index in [1.54, 1.807) is 17.8 Å². The third kappa shape index (κ3) is 3.73. The van der Waals surface area contributed by atoms with Gasteiger partial charge in [0.25, 0.3) is 0 Å². The molecule has 5 heteroatoms. The van der Waals surface area contributed by atoms with E-state index in [1.165, 1.54) is 12.1 Å². The van der Waals surface area contributed by atoms with E-state index in [0.29, 0.717) is 0 Å². The lowest BCUT2D eigenvalue weighted by Crippen LogP contribution is -2.40. The van der Waals surface area contributed by atoms with Crippen LogP contribution in [0.4, 0.5) is 9.18 Å². The van der Waals surface area contributed by atoms with Gasteiger partial charge in [-0.05, 0) is 55.2 Å². The van der Waals surface area contributed by atoms with Crippen molar-refractivity contribution < 1.29 is 9.18 Å². The number of benzene rings is 2. The molecule has 126 valence electrons. The highest BCUT2D eigenvalue weighted by Crippen LogP contribution is 2.36. The summed E-state index contributed by atoms with van der Waals surface area (Å²) >= 11 is 1.70. The second-order valence-electron chi connectivity index (χ2n) is 6.07. The quantitative estimate of drug-likeness (QED) is 0.845. The SMILES string of the molecule is Cc1ccccc1C(C)NC(=O)NC1CCSc2ccc(F)cc21. The van der Waals surface area contributed by atoms with Gasteiger partial charge in [0, 0.05) is 10.6 Å². The van der Waals surface area contributed by atoms with Crippen molar-refractivity contribution in [1.82, 2.24) is 10.6 Å². The van der Waals surface area contributed by atoms with Crippen LogP contribution in [0.3, 0.4) is 0 Å². The average molecular weight is 344 g/mol. The van der Waals surface area contributed by atoms with Crippen molar-refractivity contribution in [2.45, 2.75) is 37.2 Å². The Labute approximate surface area is 146 Å². The molecule has 1 heterocycles. The third-order valence-corrected chi connectivity index (χ3v) is 5.44. The molecule has 0 aromatic heterocycles. The van der Waals surface area contributed by atoms with Gasteiger partial charge in [-0.15, -0.1) is 11.8 Å². The highest BCUT2D eigenvalue weighted by atomic mass is 32.2. The minimum atomic E-state index is -0.267. The van der Waals surface area contributed by atoms with Gasteiger partial charge in [-0.3, -0.25) is 0 Å². The zero-order chi connectivity index (χ0) is 17.1. The number of rotatable bonds is 3. The number of thioether (sulfide) groups is 1. The van der Waals surface area contributed by atoms with E-state index in [0.717, 1.165) is 33.8 Å². The smallest absolute Gasteiger partial charge is 0.315 e. The van der Waals surface area contributed by atoms with E-state index in [-0.39, 0.29) is 23.9 Å². The fourth-order valence-electron chi connectivity index (χ4n) is 3.06. The molecule has 1 aliphatic heterocycles. The fraction of sp³-hybridized carbons (Fsp3) is 0.316. The van der Waals surface area contributed by atoms with Gasteiger partial charge in [0.05, 0.1) is 12.1 Å². The number of urea groups is 1. The molecule has 0 aliphatic carbocycles. The number of carbonyl (C=O) groups excluding carboxylic acids is 1. The van der Waals surface area contributed by atoms with Crippen LogP contribution in [0.15, 0.2) is 47.4 Å². The van der Waals surface area contributed by atoms with Crippen LogP contribution >= 0.6 is 11.8 Å². The number of amides is 2. The van der Waals surface area contributed by atoms with Crippen LogP contribution in [0.5, 0.6) is 0 Å². The Kier molecular flexibility index (Phi) is 5.09. The standard InChI is InChI=1S/C19H21FN2OS/c1-12-5-3-4-6-15(12)13(2)21-19(23)22-17-9-10-24-18-8-7-14(20)11-16(17)18/h3-8,11,13,17H,9-10H2,1-2H3,(H2,21,22,23). The monoisotopic (exact) mass is 344 g/mol. The fourth-order valence-corrected chi connectivity index (χ4v) is 4.17. The summed E-state index contributed by atoms with van der Waals surface area (Å²) in [5, 5.41) is 5.97. The molecule has 3 nitrogen and oxygen atoms in total. The molecule has 2 unspecified atom stereocenters. The van der Waals surface area contributed by atoms with E-state index in [9.17, 15) is 9.18 Å². The Balaban J connectivity index is 1.68. The molecule has 2 aromatic rings. The Morgan fingerprint density at radius 2 is 2.08 bits per heavy atom. The minimum absolute atomic E-state index is 0.0869. The Morgan fingerprint density at radius 3 is 2.88 bits per heavy atom. The normalized spacial score (nSPS) is 17.7. The molecule has 2 atom stereocenters. The lowest BCUT2D eigenvalue weighted by atomic mass is 10.0. The molecule has 1 aliphatic rings. The first kappa shape index (κ1) is 16.8. The zero-order valence-electron chi connectivity index (χ0n) is 13.8. The second-order valence-corrected chi connectivity index (χ2v) is 7.20. The van der Waals surface area contributed by atoms with Crippen molar-refractivity contribution in [2.75, 3.05) is 5.75 Å². The summed E-state index contributed by atoms with van der Waals surface area (Å²) in [6.45, 7) is 4.00. The molecule has 2 aromatic carbocycles. The van der Waals surface area contributed by atoms with Gasteiger partial charge in [0.15, 0.2) is 0 Å². The predicted octanol–water partition coefficient (Wildman–Crippen LogP) is 4.73. The number of hydrogen-bond acceptors (Lipinski definition) is 2. The first-order valence-corrected chi connectivity index (χ1v) is 9.08. The van der Waals surface area contributed by atoms with Gasteiger partial charge >= 0.3 is 6.03 Å². The zero-order valence-corrected chi connectivity index (χ0v) is 14.6. The van der Waals surface area contributed by atoms with E-state index in [1.807, 2.05) is 38.1 Å². The average Bonchev–Trinajstić information content (AvgIpc) is 2.55. The van der Waals surface area contributed by atoms with E-state index in [2.05, 4.69) is 10.6 Å². The molecule has 0 radical (unpaired) electrons. The molecule has 0 bridgehead atoms. The minimum Gasteiger partial charge on any atom is -0.332 e. The van der Waals surface area contributed by atoms with Gasteiger partial charge in [0.2, 0.25) is 0 Å². The Morgan fingerprint density at radius 1 is 1.29 bits per heavy atom. The van der Waals surface area contributed by atoms with Crippen molar-refractivity contribution in [3.63, 3.8) is 0 Å². The maximum atomic E-state index is 13.5.